The summed E-state index contributed by atoms with van der Waals surface area (Å²) in [5, 5.41) is 6.70. The van der Waals surface area contributed by atoms with Gasteiger partial charge in [-0.2, -0.15) is 0 Å². The zero-order chi connectivity index (χ0) is 7.90. The van der Waals surface area contributed by atoms with Crippen LogP contribution in [-0.4, -0.2) is 31.0 Å². The lowest BCUT2D eigenvalue weighted by atomic mass is 10.00. The van der Waals surface area contributed by atoms with Gasteiger partial charge in [-0.3, -0.25) is 5.32 Å². The van der Waals surface area contributed by atoms with E-state index < -0.39 is 0 Å². The topological polar surface area (TPSA) is 33.3 Å². The molecule has 3 heteroatoms. The summed E-state index contributed by atoms with van der Waals surface area (Å²) < 4.78 is 5.81. The van der Waals surface area contributed by atoms with Crippen LogP contribution in [0.2, 0.25) is 0 Å². The second-order valence-electron chi connectivity index (χ2n) is 3.81. The molecule has 0 aromatic rings. The third-order valence-electron chi connectivity index (χ3n) is 2.44. The van der Waals surface area contributed by atoms with Gasteiger partial charge in [0.25, 0.3) is 0 Å². The molecule has 2 saturated heterocycles. The zero-order valence-corrected chi connectivity index (χ0v) is 7.18. The molecule has 0 aliphatic carbocycles. The molecule has 2 unspecified atom stereocenters. The van der Waals surface area contributed by atoms with Crippen molar-refractivity contribution in [1.82, 2.24) is 10.6 Å². The van der Waals surface area contributed by atoms with Gasteiger partial charge in [-0.15, -0.1) is 0 Å². The standard InChI is InChI=1S/C8H16N2O/c1-6-3-7(2)11-8(10-6)4-9-5-8/h6-7,9-10H,3-5H2,1-2H3. The van der Waals surface area contributed by atoms with Crippen molar-refractivity contribution in [3.8, 4) is 0 Å². The summed E-state index contributed by atoms with van der Waals surface area (Å²) in [6.07, 6.45) is 1.54. The van der Waals surface area contributed by atoms with Crippen molar-refractivity contribution < 1.29 is 4.74 Å². The Balaban J connectivity index is 2.00. The Labute approximate surface area is 67.5 Å². The van der Waals surface area contributed by atoms with E-state index in [9.17, 15) is 0 Å². The van der Waals surface area contributed by atoms with Crippen LogP contribution in [0.3, 0.4) is 0 Å². The minimum atomic E-state index is -0.0168. The van der Waals surface area contributed by atoms with E-state index in [4.69, 9.17) is 4.74 Å². The maximum atomic E-state index is 5.81. The van der Waals surface area contributed by atoms with E-state index >= 15 is 0 Å². The van der Waals surface area contributed by atoms with Crippen molar-refractivity contribution in [3.05, 3.63) is 0 Å². The van der Waals surface area contributed by atoms with E-state index in [-0.39, 0.29) is 5.72 Å². The van der Waals surface area contributed by atoms with E-state index in [2.05, 4.69) is 24.5 Å². The molecule has 2 aliphatic rings. The first-order chi connectivity index (χ1) is 5.20. The normalized spacial score (nSPS) is 42.0. The second kappa shape index (κ2) is 2.44. The molecule has 11 heavy (non-hydrogen) atoms. The monoisotopic (exact) mass is 156 g/mol. The van der Waals surface area contributed by atoms with E-state index in [1.54, 1.807) is 0 Å². The summed E-state index contributed by atoms with van der Waals surface area (Å²) in [6.45, 7) is 6.29. The smallest absolute Gasteiger partial charge is 0.144 e. The van der Waals surface area contributed by atoms with Crippen molar-refractivity contribution in [2.45, 2.75) is 38.1 Å². The lowest BCUT2D eigenvalue weighted by Gasteiger charge is -2.50. The quantitative estimate of drug-likeness (QED) is 0.521. The molecule has 64 valence electrons. The summed E-state index contributed by atoms with van der Waals surface area (Å²) >= 11 is 0. The van der Waals surface area contributed by atoms with Crippen LogP contribution < -0.4 is 10.6 Å². The fraction of sp³-hybridized carbons (Fsp3) is 1.00. The van der Waals surface area contributed by atoms with Gasteiger partial charge in [-0.05, 0) is 20.3 Å². The third kappa shape index (κ3) is 1.28. The molecule has 2 heterocycles. The molecule has 0 aromatic carbocycles. The van der Waals surface area contributed by atoms with Gasteiger partial charge >= 0.3 is 0 Å². The highest BCUT2D eigenvalue weighted by Crippen LogP contribution is 2.23. The predicted octanol–water partition coefficient (Wildman–Crippen LogP) is 0.0728. The zero-order valence-electron chi connectivity index (χ0n) is 7.18. The van der Waals surface area contributed by atoms with Gasteiger partial charge in [-0.1, -0.05) is 0 Å². The van der Waals surface area contributed by atoms with Crippen molar-refractivity contribution in [1.29, 1.82) is 0 Å². The number of hydrogen-bond donors (Lipinski definition) is 2. The Bertz CT molecular complexity index is 144. The Morgan fingerprint density at radius 1 is 1.36 bits per heavy atom. The van der Waals surface area contributed by atoms with Gasteiger partial charge < -0.3 is 10.1 Å². The molecule has 2 fully saturated rings. The molecule has 2 atom stereocenters. The fourth-order valence-electron chi connectivity index (χ4n) is 2.01. The van der Waals surface area contributed by atoms with Crippen LogP contribution in [0, 0.1) is 0 Å². The minimum absolute atomic E-state index is 0.0168. The molecule has 0 saturated carbocycles. The molecule has 0 bridgehead atoms. The van der Waals surface area contributed by atoms with Crippen LogP contribution in [0.25, 0.3) is 0 Å². The van der Waals surface area contributed by atoms with Gasteiger partial charge in [0.15, 0.2) is 0 Å². The molecular weight excluding hydrogens is 140 g/mol. The largest absolute Gasteiger partial charge is 0.355 e. The first-order valence-corrected chi connectivity index (χ1v) is 4.36. The molecular formula is C8H16N2O. The van der Waals surface area contributed by atoms with Gasteiger partial charge in [0, 0.05) is 19.1 Å². The predicted molar refractivity (Wildman–Crippen MR) is 43.4 cm³/mol. The maximum Gasteiger partial charge on any atom is 0.144 e. The Morgan fingerprint density at radius 2 is 2.09 bits per heavy atom. The number of hydrogen-bond acceptors (Lipinski definition) is 3. The molecule has 1 spiro atoms. The minimum Gasteiger partial charge on any atom is -0.355 e. The highest BCUT2D eigenvalue weighted by atomic mass is 16.5. The van der Waals surface area contributed by atoms with E-state index in [1.165, 1.54) is 0 Å². The SMILES string of the molecule is CC1CC(C)OC2(CNC2)N1. The third-order valence-corrected chi connectivity index (χ3v) is 2.44. The van der Waals surface area contributed by atoms with Crippen LogP contribution in [0.5, 0.6) is 0 Å². The Kier molecular flexibility index (Phi) is 1.67. The first-order valence-electron chi connectivity index (χ1n) is 4.36. The maximum absolute atomic E-state index is 5.81. The number of rotatable bonds is 0. The average molecular weight is 156 g/mol. The van der Waals surface area contributed by atoms with Crippen LogP contribution >= 0.6 is 0 Å². The Hall–Kier alpha value is -0.120. The molecule has 2 N–H and O–H groups in total. The van der Waals surface area contributed by atoms with Crippen molar-refractivity contribution in [2.24, 2.45) is 0 Å². The highest BCUT2D eigenvalue weighted by Gasteiger charge is 2.43. The van der Waals surface area contributed by atoms with Gasteiger partial charge in [0.1, 0.15) is 5.72 Å². The second-order valence-corrected chi connectivity index (χ2v) is 3.81. The fourth-order valence-corrected chi connectivity index (χ4v) is 2.01. The molecule has 2 rings (SSSR count). The number of nitrogens with one attached hydrogen (secondary N) is 2. The van der Waals surface area contributed by atoms with E-state index in [0.717, 1.165) is 19.5 Å². The summed E-state index contributed by atoms with van der Waals surface area (Å²) in [6, 6.07) is 0.598. The summed E-state index contributed by atoms with van der Waals surface area (Å²) in [5.74, 6) is 0. The molecule has 2 aliphatic heterocycles. The lowest BCUT2D eigenvalue weighted by molar-refractivity contribution is -0.172. The molecule has 0 radical (unpaired) electrons. The van der Waals surface area contributed by atoms with Gasteiger partial charge in [0.05, 0.1) is 6.10 Å². The molecule has 0 amide bonds. The van der Waals surface area contributed by atoms with Gasteiger partial charge in [-0.25, -0.2) is 0 Å². The molecule has 3 nitrogen and oxygen atoms in total. The van der Waals surface area contributed by atoms with Gasteiger partial charge in [0.2, 0.25) is 0 Å². The number of ether oxygens (including phenoxy) is 1. The summed E-state index contributed by atoms with van der Waals surface area (Å²) in [5.41, 5.74) is -0.0168. The van der Waals surface area contributed by atoms with Crippen LogP contribution in [0.1, 0.15) is 20.3 Å². The van der Waals surface area contributed by atoms with Crippen LogP contribution in [0.15, 0.2) is 0 Å². The van der Waals surface area contributed by atoms with Crippen molar-refractivity contribution >= 4 is 0 Å². The van der Waals surface area contributed by atoms with Crippen molar-refractivity contribution in [2.75, 3.05) is 13.1 Å². The van der Waals surface area contributed by atoms with Crippen LogP contribution in [0.4, 0.5) is 0 Å². The molecule has 0 aromatic heterocycles. The summed E-state index contributed by atoms with van der Waals surface area (Å²) in [4.78, 5) is 0. The van der Waals surface area contributed by atoms with E-state index in [0.29, 0.717) is 12.1 Å². The Morgan fingerprint density at radius 3 is 2.55 bits per heavy atom. The highest BCUT2D eigenvalue weighted by molar-refractivity contribution is 4.97. The van der Waals surface area contributed by atoms with E-state index in [1.807, 2.05) is 0 Å². The lowest BCUT2D eigenvalue weighted by Crippen LogP contribution is -2.73. The van der Waals surface area contributed by atoms with Crippen molar-refractivity contribution in [3.63, 3.8) is 0 Å². The van der Waals surface area contributed by atoms with Crippen LogP contribution in [-0.2, 0) is 4.74 Å². The first kappa shape index (κ1) is 7.53. The summed E-state index contributed by atoms with van der Waals surface area (Å²) in [7, 11) is 0. The average Bonchev–Trinajstić information content (AvgIpc) is 1.82.